The molecule has 2 unspecified atom stereocenters. The molecule has 4 rings (SSSR count). The number of piperidine rings is 1. The van der Waals surface area contributed by atoms with E-state index in [4.69, 9.17) is 9.52 Å². The van der Waals surface area contributed by atoms with Crippen LogP contribution in [-0.2, 0) is 11.0 Å². The number of alkyl halides is 3. The Hall–Kier alpha value is -3.73. The minimum atomic E-state index is -4.91. The molecule has 2 aromatic heterocycles. The van der Waals surface area contributed by atoms with E-state index in [-0.39, 0.29) is 30.0 Å². The molecule has 3 aromatic rings. The Kier molecular flexibility index (Phi) is 6.64. The maximum absolute atomic E-state index is 13.5. The van der Waals surface area contributed by atoms with Gasteiger partial charge in [-0.1, -0.05) is 18.2 Å². The normalized spacial score (nSPS) is 18.4. The lowest BCUT2D eigenvalue weighted by Crippen LogP contribution is -2.33. The Balaban J connectivity index is 1.50. The van der Waals surface area contributed by atoms with Crippen LogP contribution < -0.4 is 10.6 Å². The van der Waals surface area contributed by atoms with Gasteiger partial charge in [-0.25, -0.2) is 4.98 Å². The molecule has 0 bridgehead atoms. The van der Waals surface area contributed by atoms with E-state index in [1.165, 1.54) is 24.4 Å². The molecule has 11 heteroatoms. The van der Waals surface area contributed by atoms with Crippen molar-refractivity contribution in [3.63, 3.8) is 0 Å². The molecule has 8 nitrogen and oxygen atoms in total. The van der Waals surface area contributed by atoms with E-state index in [0.717, 1.165) is 6.42 Å². The summed E-state index contributed by atoms with van der Waals surface area (Å²) < 4.78 is 45.3. The van der Waals surface area contributed by atoms with Crippen LogP contribution in [-0.4, -0.2) is 33.5 Å². The highest BCUT2D eigenvalue weighted by Gasteiger charge is 2.42. The number of aromatic nitrogens is 2. The van der Waals surface area contributed by atoms with Crippen molar-refractivity contribution in [2.24, 2.45) is 5.92 Å². The van der Waals surface area contributed by atoms with Crippen LogP contribution in [0.1, 0.15) is 47.2 Å². The Morgan fingerprint density at radius 2 is 1.94 bits per heavy atom. The van der Waals surface area contributed by atoms with Crippen LogP contribution >= 0.6 is 0 Å². The number of carboxylic acid groups (broad SMARTS) is 1. The lowest BCUT2D eigenvalue weighted by molar-refractivity contribution is -0.153. The number of nitrogens with zero attached hydrogens (tertiary/aromatic N) is 2. The van der Waals surface area contributed by atoms with Crippen LogP contribution in [0.15, 0.2) is 53.1 Å². The Morgan fingerprint density at radius 3 is 2.59 bits per heavy atom. The number of carbonyl (C=O) groups is 2. The third-order valence-electron chi connectivity index (χ3n) is 5.50. The first-order chi connectivity index (χ1) is 16.2. The van der Waals surface area contributed by atoms with Gasteiger partial charge < -0.3 is 20.2 Å². The lowest BCUT2D eigenvalue weighted by Gasteiger charge is -2.29. The van der Waals surface area contributed by atoms with Gasteiger partial charge in [0.1, 0.15) is 0 Å². The molecule has 1 aliphatic heterocycles. The highest BCUT2D eigenvalue weighted by molar-refractivity contribution is 6.03. The number of carbonyl (C=O) groups excluding carboxylic acids is 1. The Bertz CT molecular complexity index is 1160. The average Bonchev–Trinajstić information content (AvgIpc) is 3.27. The van der Waals surface area contributed by atoms with Gasteiger partial charge in [0, 0.05) is 18.0 Å². The van der Waals surface area contributed by atoms with E-state index >= 15 is 0 Å². The van der Waals surface area contributed by atoms with Crippen molar-refractivity contribution in [1.82, 2.24) is 15.3 Å². The van der Waals surface area contributed by atoms with E-state index in [0.29, 0.717) is 24.2 Å². The number of oxazole rings is 1. The number of benzene rings is 1. The van der Waals surface area contributed by atoms with Crippen molar-refractivity contribution in [3.8, 4) is 11.5 Å². The second-order valence-electron chi connectivity index (χ2n) is 7.98. The highest BCUT2D eigenvalue weighted by Crippen LogP contribution is 2.35. The summed E-state index contributed by atoms with van der Waals surface area (Å²) in [6.07, 6.45) is -2.14. The molecule has 1 fully saturated rings. The second kappa shape index (κ2) is 9.64. The molecule has 3 heterocycles. The van der Waals surface area contributed by atoms with Gasteiger partial charge in [0.15, 0.2) is 5.69 Å². The molecule has 3 N–H and O–H groups in total. The van der Waals surface area contributed by atoms with E-state index in [1.807, 2.05) is 0 Å². The summed E-state index contributed by atoms with van der Waals surface area (Å²) in [5.74, 6) is -3.70. The largest absolute Gasteiger partial charge is 0.481 e. The fourth-order valence-electron chi connectivity index (χ4n) is 3.90. The van der Waals surface area contributed by atoms with Gasteiger partial charge in [0.2, 0.25) is 11.7 Å². The van der Waals surface area contributed by atoms with E-state index in [9.17, 15) is 22.8 Å². The zero-order chi connectivity index (χ0) is 24.3. The fourth-order valence-corrected chi connectivity index (χ4v) is 3.90. The molecule has 0 spiro atoms. The standard InChI is InChI=1S/C23H21F3N4O4/c24-23(25,26)20-19(30-22(34-20)14-4-2-1-3-5-14)21(33)29-15-6-7-16(28-12-15)17-10-13(8-9-27-17)11-18(31)32/h1-7,12-13,17,27H,8-11H2,(H,29,33)(H,31,32). The first kappa shape index (κ1) is 23.4. The zero-order valence-corrected chi connectivity index (χ0v) is 17.8. The molecule has 0 radical (unpaired) electrons. The summed E-state index contributed by atoms with van der Waals surface area (Å²) in [5.41, 5.74) is 0.265. The molecule has 34 heavy (non-hydrogen) atoms. The van der Waals surface area contributed by atoms with Crippen LogP contribution in [0, 0.1) is 5.92 Å². The van der Waals surface area contributed by atoms with E-state index < -0.39 is 29.5 Å². The third-order valence-corrected chi connectivity index (χ3v) is 5.50. The lowest BCUT2D eigenvalue weighted by atomic mass is 9.88. The highest BCUT2D eigenvalue weighted by atomic mass is 19.4. The van der Waals surface area contributed by atoms with Crippen molar-refractivity contribution in [3.05, 3.63) is 65.8 Å². The Labute approximate surface area is 192 Å². The average molecular weight is 474 g/mol. The number of aliphatic carboxylic acids is 1. The molecule has 1 amide bonds. The van der Waals surface area contributed by atoms with Gasteiger partial charge in [0.25, 0.3) is 5.91 Å². The van der Waals surface area contributed by atoms with Crippen molar-refractivity contribution in [2.45, 2.75) is 31.5 Å². The summed E-state index contributed by atoms with van der Waals surface area (Å²) in [6.45, 7) is 0.652. The molecular formula is C23H21F3N4O4. The second-order valence-corrected chi connectivity index (χ2v) is 7.98. The monoisotopic (exact) mass is 474 g/mol. The number of hydrogen-bond acceptors (Lipinski definition) is 6. The fraction of sp³-hybridized carbons (Fsp3) is 0.304. The zero-order valence-electron chi connectivity index (χ0n) is 17.8. The minimum Gasteiger partial charge on any atom is -0.481 e. The topological polar surface area (TPSA) is 117 Å². The minimum absolute atomic E-state index is 0.0247. The van der Waals surface area contributed by atoms with Gasteiger partial charge in [-0.15, -0.1) is 0 Å². The number of halogens is 3. The van der Waals surface area contributed by atoms with Gasteiger partial charge >= 0.3 is 12.1 Å². The summed E-state index contributed by atoms with van der Waals surface area (Å²) in [7, 11) is 0. The number of anilines is 1. The van der Waals surface area contributed by atoms with Gasteiger partial charge in [-0.05, 0) is 49.6 Å². The van der Waals surface area contributed by atoms with Gasteiger partial charge in [-0.3, -0.25) is 14.6 Å². The predicted molar refractivity (Wildman–Crippen MR) is 115 cm³/mol. The first-order valence-corrected chi connectivity index (χ1v) is 10.6. The van der Waals surface area contributed by atoms with Crippen LogP contribution in [0.2, 0.25) is 0 Å². The van der Waals surface area contributed by atoms with E-state index in [1.54, 1.807) is 24.3 Å². The van der Waals surface area contributed by atoms with Crippen molar-refractivity contribution < 1.29 is 32.3 Å². The number of nitrogens with one attached hydrogen (secondary N) is 2. The van der Waals surface area contributed by atoms with Crippen molar-refractivity contribution >= 4 is 17.6 Å². The molecule has 1 aromatic carbocycles. The maximum Gasteiger partial charge on any atom is 0.452 e. The molecule has 0 aliphatic carbocycles. The molecule has 0 saturated carbocycles. The van der Waals surface area contributed by atoms with Crippen molar-refractivity contribution in [2.75, 3.05) is 11.9 Å². The summed E-state index contributed by atoms with van der Waals surface area (Å²) >= 11 is 0. The first-order valence-electron chi connectivity index (χ1n) is 10.6. The number of amides is 1. The predicted octanol–water partition coefficient (Wildman–Crippen LogP) is 4.52. The van der Waals surface area contributed by atoms with Gasteiger partial charge in [-0.2, -0.15) is 13.2 Å². The van der Waals surface area contributed by atoms with Crippen LogP contribution in [0.4, 0.5) is 18.9 Å². The Morgan fingerprint density at radius 1 is 1.18 bits per heavy atom. The summed E-state index contributed by atoms with van der Waals surface area (Å²) in [5, 5.41) is 14.7. The maximum atomic E-state index is 13.5. The number of rotatable bonds is 6. The smallest absolute Gasteiger partial charge is 0.452 e. The van der Waals surface area contributed by atoms with Crippen molar-refractivity contribution in [1.29, 1.82) is 0 Å². The summed E-state index contributed by atoms with van der Waals surface area (Å²) in [6, 6.07) is 11.0. The third kappa shape index (κ3) is 5.42. The van der Waals surface area contributed by atoms with Crippen LogP contribution in [0.3, 0.4) is 0 Å². The van der Waals surface area contributed by atoms with Crippen LogP contribution in [0.25, 0.3) is 11.5 Å². The van der Waals surface area contributed by atoms with Gasteiger partial charge in [0.05, 0.1) is 17.6 Å². The molecule has 2 atom stereocenters. The number of hydrogen-bond donors (Lipinski definition) is 3. The quantitative estimate of drug-likeness (QED) is 0.481. The molecule has 1 aliphatic rings. The SMILES string of the molecule is O=C(O)CC1CCNC(c2ccc(NC(=O)c3nc(-c4ccccc4)oc3C(F)(F)F)cn2)C1. The molecule has 1 saturated heterocycles. The van der Waals surface area contributed by atoms with E-state index in [2.05, 4.69) is 20.6 Å². The summed E-state index contributed by atoms with van der Waals surface area (Å²) in [4.78, 5) is 31.7. The number of carboxylic acids is 1. The molecular weight excluding hydrogens is 453 g/mol. The molecule has 178 valence electrons. The number of pyridine rings is 1. The van der Waals surface area contributed by atoms with Crippen LogP contribution in [0.5, 0.6) is 0 Å².